The zero-order chi connectivity index (χ0) is 16.9. The van der Waals surface area contributed by atoms with E-state index in [0.717, 1.165) is 37.2 Å². The van der Waals surface area contributed by atoms with Crippen molar-refractivity contribution in [2.45, 2.75) is 24.3 Å². The van der Waals surface area contributed by atoms with Gasteiger partial charge in [-0.25, -0.2) is 12.8 Å². The Labute approximate surface area is 147 Å². The summed E-state index contributed by atoms with van der Waals surface area (Å²) in [6.45, 7) is 3.43. The third-order valence-corrected chi connectivity index (χ3v) is 5.07. The molecule has 9 heteroatoms. The van der Waals surface area contributed by atoms with Crippen LogP contribution in [0.25, 0.3) is 0 Å². The average molecular weight is 378 g/mol. The van der Waals surface area contributed by atoms with Crippen LogP contribution in [0.4, 0.5) is 4.39 Å². The van der Waals surface area contributed by atoms with E-state index in [-0.39, 0.29) is 12.4 Å². The largest absolute Gasteiger partial charge is 0.351 e. The van der Waals surface area contributed by atoms with Gasteiger partial charge in [0.2, 0.25) is 15.9 Å². The molecular weight excluding hydrogens is 357 g/mol. The molecule has 134 valence electrons. The highest BCUT2D eigenvalue weighted by molar-refractivity contribution is 7.89. The molecule has 1 aliphatic rings. The van der Waals surface area contributed by atoms with Gasteiger partial charge >= 0.3 is 0 Å². The van der Waals surface area contributed by atoms with Gasteiger partial charge in [0, 0.05) is 13.1 Å². The first-order chi connectivity index (χ1) is 10.9. The fourth-order valence-electron chi connectivity index (χ4n) is 2.20. The molecule has 2 rings (SSSR count). The Balaban J connectivity index is 0.00000288. The van der Waals surface area contributed by atoms with Crippen molar-refractivity contribution in [1.29, 1.82) is 0 Å². The van der Waals surface area contributed by atoms with Crippen molar-refractivity contribution in [2.24, 2.45) is 0 Å². The SMILES string of the molecule is CC(NS(=O)(=O)c1ccccc1F)C(=O)NCC1=CCNCC1.Cl. The highest BCUT2D eigenvalue weighted by Crippen LogP contribution is 2.13. The smallest absolute Gasteiger partial charge is 0.244 e. The van der Waals surface area contributed by atoms with Crippen LogP contribution in [0, 0.1) is 5.82 Å². The molecule has 0 aromatic heterocycles. The third kappa shape index (κ3) is 5.55. The predicted molar refractivity (Wildman–Crippen MR) is 92.0 cm³/mol. The quantitative estimate of drug-likeness (QED) is 0.644. The van der Waals surface area contributed by atoms with Crippen LogP contribution >= 0.6 is 12.4 Å². The summed E-state index contributed by atoms with van der Waals surface area (Å²) in [7, 11) is -4.09. The van der Waals surface area contributed by atoms with E-state index in [2.05, 4.69) is 15.4 Å². The van der Waals surface area contributed by atoms with Gasteiger partial charge < -0.3 is 10.6 Å². The van der Waals surface area contributed by atoms with Crippen molar-refractivity contribution in [3.63, 3.8) is 0 Å². The summed E-state index contributed by atoms with van der Waals surface area (Å²) >= 11 is 0. The lowest BCUT2D eigenvalue weighted by molar-refractivity contribution is -0.122. The lowest BCUT2D eigenvalue weighted by atomic mass is 10.1. The van der Waals surface area contributed by atoms with Crippen molar-refractivity contribution in [2.75, 3.05) is 19.6 Å². The molecule has 0 bridgehead atoms. The van der Waals surface area contributed by atoms with E-state index in [4.69, 9.17) is 0 Å². The van der Waals surface area contributed by atoms with E-state index >= 15 is 0 Å². The normalized spacial score (nSPS) is 15.8. The predicted octanol–water partition coefficient (Wildman–Crippen LogP) is 0.950. The van der Waals surface area contributed by atoms with Crippen LogP contribution in [0.2, 0.25) is 0 Å². The number of benzene rings is 1. The maximum atomic E-state index is 13.6. The molecule has 0 aliphatic carbocycles. The zero-order valence-electron chi connectivity index (χ0n) is 13.2. The number of carbonyl (C=O) groups is 1. The zero-order valence-corrected chi connectivity index (χ0v) is 14.8. The molecule has 1 unspecified atom stereocenters. The van der Waals surface area contributed by atoms with E-state index in [1.807, 2.05) is 6.08 Å². The van der Waals surface area contributed by atoms with Crippen LogP contribution in [0.5, 0.6) is 0 Å². The molecule has 0 saturated heterocycles. The van der Waals surface area contributed by atoms with Crippen LogP contribution in [0.1, 0.15) is 13.3 Å². The summed E-state index contributed by atoms with van der Waals surface area (Å²) < 4.78 is 40.0. The summed E-state index contributed by atoms with van der Waals surface area (Å²) in [5.41, 5.74) is 1.10. The standard InChI is InChI=1S/C15H20FN3O3S.ClH/c1-11(15(20)18-10-12-6-8-17-9-7-12)19-23(21,22)14-5-3-2-4-13(14)16;/h2-6,11,17,19H,7-10H2,1H3,(H,18,20);1H. The number of sulfonamides is 1. The van der Waals surface area contributed by atoms with Crippen LogP contribution < -0.4 is 15.4 Å². The Bertz CT molecular complexity index is 710. The van der Waals surface area contributed by atoms with Gasteiger partial charge in [0.05, 0.1) is 6.04 Å². The molecule has 0 saturated carbocycles. The molecule has 1 aromatic rings. The van der Waals surface area contributed by atoms with Gasteiger partial charge in [-0.3, -0.25) is 4.79 Å². The maximum absolute atomic E-state index is 13.6. The minimum Gasteiger partial charge on any atom is -0.351 e. The van der Waals surface area contributed by atoms with Gasteiger partial charge in [0.25, 0.3) is 0 Å². The summed E-state index contributed by atoms with van der Waals surface area (Å²) in [5, 5.41) is 5.85. The minimum atomic E-state index is -4.09. The average Bonchev–Trinajstić information content (AvgIpc) is 2.53. The van der Waals surface area contributed by atoms with E-state index in [1.54, 1.807) is 0 Å². The Morgan fingerprint density at radius 3 is 2.71 bits per heavy atom. The van der Waals surface area contributed by atoms with Crippen molar-refractivity contribution in [3.8, 4) is 0 Å². The van der Waals surface area contributed by atoms with Crippen LogP contribution in [0.3, 0.4) is 0 Å². The number of halogens is 2. The number of carbonyl (C=O) groups excluding carboxylic acids is 1. The van der Waals surface area contributed by atoms with Crippen molar-refractivity contribution >= 4 is 28.3 Å². The van der Waals surface area contributed by atoms with Crippen LogP contribution in [-0.2, 0) is 14.8 Å². The molecule has 1 aliphatic heterocycles. The third-order valence-electron chi connectivity index (χ3n) is 3.50. The topological polar surface area (TPSA) is 87.3 Å². The highest BCUT2D eigenvalue weighted by atomic mass is 35.5. The molecule has 1 atom stereocenters. The van der Waals surface area contributed by atoms with Gasteiger partial charge in [0.1, 0.15) is 10.7 Å². The molecule has 0 fully saturated rings. The monoisotopic (exact) mass is 377 g/mol. The Morgan fingerprint density at radius 1 is 1.38 bits per heavy atom. The fraction of sp³-hybridized carbons (Fsp3) is 0.400. The molecule has 24 heavy (non-hydrogen) atoms. The second-order valence-corrected chi connectivity index (χ2v) is 6.99. The van der Waals surface area contributed by atoms with Gasteiger partial charge in [-0.15, -0.1) is 12.4 Å². The first-order valence-corrected chi connectivity index (χ1v) is 8.81. The molecule has 1 heterocycles. The maximum Gasteiger partial charge on any atom is 0.244 e. The van der Waals surface area contributed by atoms with Gasteiger partial charge in [-0.2, -0.15) is 4.72 Å². The molecule has 6 nitrogen and oxygen atoms in total. The lowest BCUT2D eigenvalue weighted by Gasteiger charge is -2.17. The summed E-state index contributed by atoms with van der Waals surface area (Å²) in [6.07, 6.45) is 2.84. The van der Waals surface area contributed by atoms with Crippen molar-refractivity contribution in [3.05, 3.63) is 41.7 Å². The van der Waals surface area contributed by atoms with Gasteiger partial charge in [0.15, 0.2) is 0 Å². The molecule has 1 amide bonds. The summed E-state index contributed by atoms with van der Waals surface area (Å²) in [4.78, 5) is 11.5. The van der Waals surface area contributed by atoms with E-state index in [0.29, 0.717) is 6.54 Å². The fourth-order valence-corrected chi connectivity index (χ4v) is 3.48. The molecule has 1 aromatic carbocycles. The number of rotatable bonds is 6. The number of hydrogen-bond donors (Lipinski definition) is 3. The Kier molecular flexibility index (Phi) is 7.82. The van der Waals surface area contributed by atoms with Crippen molar-refractivity contribution < 1.29 is 17.6 Å². The first kappa shape index (κ1) is 20.6. The minimum absolute atomic E-state index is 0. The lowest BCUT2D eigenvalue weighted by Crippen LogP contribution is -2.45. The Morgan fingerprint density at radius 2 is 2.08 bits per heavy atom. The Hall–Kier alpha value is -1.48. The van der Waals surface area contributed by atoms with Gasteiger partial charge in [-0.1, -0.05) is 23.8 Å². The molecule has 0 spiro atoms. The van der Waals surface area contributed by atoms with E-state index in [1.165, 1.54) is 19.1 Å². The first-order valence-electron chi connectivity index (χ1n) is 7.33. The second-order valence-electron chi connectivity index (χ2n) is 5.31. The molecular formula is C15H21ClFN3O3S. The number of amides is 1. The number of hydrogen-bond acceptors (Lipinski definition) is 4. The van der Waals surface area contributed by atoms with Crippen LogP contribution in [0.15, 0.2) is 40.8 Å². The van der Waals surface area contributed by atoms with Crippen molar-refractivity contribution in [1.82, 2.24) is 15.4 Å². The van der Waals surface area contributed by atoms with E-state index in [9.17, 15) is 17.6 Å². The number of nitrogens with one attached hydrogen (secondary N) is 3. The second kappa shape index (κ2) is 9.12. The molecule has 3 N–H and O–H groups in total. The van der Waals surface area contributed by atoms with Gasteiger partial charge in [-0.05, 0) is 32.0 Å². The highest BCUT2D eigenvalue weighted by Gasteiger charge is 2.24. The molecule has 0 radical (unpaired) electrons. The summed E-state index contributed by atoms with van der Waals surface area (Å²) in [6, 6.07) is 4.04. The summed E-state index contributed by atoms with van der Waals surface area (Å²) in [5.74, 6) is -1.31. The van der Waals surface area contributed by atoms with Crippen LogP contribution in [-0.4, -0.2) is 40.0 Å². The van der Waals surface area contributed by atoms with E-state index < -0.39 is 32.7 Å².